The lowest BCUT2D eigenvalue weighted by atomic mass is 10.0. The van der Waals surface area contributed by atoms with Crippen LogP contribution in [0.1, 0.15) is 51.2 Å². The second-order valence-corrected chi connectivity index (χ2v) is 6.27. The quantitative estimate of drug-likeness (QED) is 0.327. The minimum Gasteiger partial charge on any atom is -0.357 e. The fourth-order valence-corrected chi connectivity index (χ4v) is 2.59. The van der Waals surface area contributed by atoms with Gasteiger partial charge in [0.05, 0.1) is 0 Å². The number of rotatable bonds is 9. The molecule has 1 aromatic rings. The summed E-state index contributed by atoms with van der Waals surface area (Å²) in [5.74, 6) is 1.31. The molecule has 1 atom stereocenters. The number of amides is 1. The molecule has 0 aliphatic heterocycles. The van der Waals surface area contributed by atoms with E-state index in [9.17, 15) is 4.79 Å². The molecule has 2 N–H and O–H groups in total. The van der Waals surface area contributed by atoms with Gasteiger partial charge >= 0.3 is 0 Å². The second-order valence-electron chi connectivity index (χ2n) is 6.27. The summed E-state index contributed by atoms with van der Waals surface area (Å²) in [7, 11) is 0. The van der Waals surface area contributed by atoms with Crippen molar-refractivity contribution in [1.82, 2.24) is 15.5 Å². The highest BCUT2D eigenvalue weighted by Gasteiger charge is 2.09. The van der Waals surface area contributed by atoms with Crippen molar-refractivity contribution in [2.75, 3.05) is 32.7 Å². The van der Waals surface area contributed by atoms with Crippen molar-refractivity contribution in [2.45, 2.75) is 47.0 Å². The van der Waals surface area contributed by atoms with Crippen LogP contribution >= 0.6 is 24.0 Å². The van der Waals surface area contributed by atoms with Crippen molar-refractivity contribution >= 4 is 35.8 Å². The van der Waals surface area contributed by atoms with Crippen molar-refractivity contribution in [1.29, 1.82) is 0 Å². The number of carbonyl (C=O) groups excluding carboxylic acids is 1. The van der Waals surface area contributed by atoms with Crippen LogP contribution in [0.25, 0.3) is 0 Å². The van der Waals surface area contributed by atoms with Crippen molar-refractivity contribution < 1.29 is 4.79 Å². The van der Waals surface area contributed by atoms with Gasteiger partial charge in [0.25, 0.3) is 0 Å². The van der Waals surface area contributed by atoms with Crippen molar-refractivity contribution in [3.8, 4) is 0 Å². The third-order valence-corrected chi connectivity index (χ3v) is 4.26. The Morgan fingerprint density at radius 2 is 1.73 bits per heavy atom. The number of halogens is 1. The highest BCUT2D eigenvalue weighted by Crippen LogP contribution is 2.15. The van der Waals surface area contributed by atoms with E-state index < -0.39 is 0 Å². The van der Waals surface area contributed by atoms with E-state index >= 15 is 0 Å². The number of aliphatic imine (C=N–C) groups is 1. The summed E-state index contributed by atoms with van der Waals surface area (Å²) < 4.78 is 0. The summed E-state index contributed by atoms with van der Waals surface area (Å²) in [5.41, 5.74) is 2.56. The van der Waals surface area contributed by atoms with Crippen LogP contribution in [0, 0.1) is 6.92 Å². The van der Waals surface area contributed by atoms with Crippen molar-refractivity contribution in [3.05, 3.63) is 35.4 Å². The van der Waals surface area contributed by atoms with Crippen molar-refractivity contribution in [2.24, 2.45) is 4.99 Å². The number of guanidine groups is 1. The highest BCUT2D eigenvalue weighted by atomic mass is 127. The predicted molar refractivity (Wildman–Crippen MR) is 122 cm³/mol. The van der Waals surface area contributed by atoms with Crippen LogP contribution in [0.4, 0.5) is 0 Å². The second kappa shape index (κ2) is 13.8. The zero-order chi connectivity index (χ0) is 18.7. The fraction of sp³-hybridized carbons (Fsp3) is 0.600. The summed E-state index contributed by atoms with van der Waals surface area (Å²) in [6.45, 7) is 14.0. The van der Waals surface area contributed by atoms with Crippen LogP contribution in [0.5, 0.6) is 0 Å². The van der Waals surface area contributed by atoms with Crippen LogP contribution in [-0.2, 0) is 4.79 Å². The molecule has 0 aliphatic carbocycles. The van der Waals surface area contributed by atoms with E-state index in [0.29, 0.717) is 25.4 Å². The molecule has 26 heavy (non-hydrogen) atoms. The molecule has 1 amide bonds. The van der Waals surface area contributed by atoms with E-state index in [1.54, 1.807) is 0 Å². The largest absolute Gasteiger partial charge is 0.357 e. The molecule has 1 unspecified atom stereocenters. The van der Waals surface area contributed by atoms with Crippen LogP contribution in [0.2, 0.25) is 0 Å². The van der Waals surface area contributed by atoms with E-state index in [2.05, 4.69) is 53.7 Å². The molecule has 0 saturated heterocycles. The van der Waals surface area contributed by atoms with E-state index in [-0.39, 0.29) is 29.9 Å². The first kappa shape index (κ1) is 24.7. The molecule has 0 aromatic heterocycles. The zero-order valence-electron chi connectivity index (χ0n) is 16.8. The lowest BCUT2D eigenvalue weighted by Crippen LogP contribution is -2.40. The number of nitrogens with zero attached hydrogens (tertiary/aromatic N) is 2. The summed E-state index contributed by atoms with van der Waals surface area (Å²) in [4.78, 5) is 18.6. The Morgan fingerprint density at radius 1 is 1.12 bits per heavy atom. The fourth-order valence-electron chi connectivity index (χ4n) is 2.59. The summed E-state index contributed by atoms with van der Waals surface area (Å²) in [6.07, 6.45) is 0.486. The van der Waals surface area contributed by atoms with Crippen LogP contribution in [0.3, 0.4) is 0 Å². The van der Waals surface area contributed by atoms with Gasteiger partial charge in [-0.05, 0) is 33.3 Å². The average molecular weight is 474 g/mol. The first-order valence-corrected chi connectivity index (χ1v) is 9.38. The third kappa shape index (κ3) is 8.87. The Morgan fingerprint density at radius 3 is 2.27 bits per heavy atom. The van der Waals surface area contributed by atoms with E-state index in [1.807, 2.05) is 25.7 Å². The number of hydrogen-bond donors (Lipinski definition) is 2. The normalized spacial score (nSPS) is 12.1. The zero-order valence-corrected chi connectivity index (χ0v) is 19.2. The number of hydrogen-bond acceptors (Lipinski definition) is 2. The first-order valence-electron chi connectivity index (χ1n) is 9.38. The maximum absolute atomic E-state index is 12.0. The molecule has 0 aliphatic rings. The Bertz CT molecular complexity index is 541. The Labute approximate surface area is 176 Å². The maximum Gasteiger partial charge on any atom is 0.224 e. The van der Waals surface area contributed by atoms with Gasteiger partial charge in [-0.25, -0.2) is 0 Å². The molecular weight excluding hydrogens is 439 g/mol. The van der Waals surface area contributed by atoms with Gasteiger partial charge in [0.1, 0.15) is 0 Å². The van der Waals surface area contributed by atoms with Gasteiger partial charge in [-0.2, -0.15) is 0 Å². The molecule has 0 heterocycles. The van der Waals surface area contributed by atoms with Crippen LogP contribution in [0.15, 0.2) is 29.3 Å². The highest BCUT2D eigenvalue weighted by molar-refractivity contribution is 14.0. The van der Waals surface area contributed by atoms with E-state index in [1.165, 1.54) is 11.1 Å². The number of nitrogens with one attached hydrogen (secondary N) is 2. The molecule has 0 saturated carbocycles. The lowest BCUT2D eigenvalue weighted by molar-refractivity contribution is -0.130. The topological polar surface area (TPSA) is 56.7 Å². The number of aryl methyl sites for hydroxylation is 1. The number of benzene rings is 1. The monoisotopic (exact) mass is 474 g/mol. The SMILES string of the molecule is CCNC(=NCC(C)c1ccc(C)cc1)NCCC(=O)N(CC)CC.I. The first-order chi connectivity index (χ1) is 12.0. The number of carbonyl (C=O) groups is 1. The molecule has 0 radical (unpaired) electrons. The van der Waals surface area contributed by atoms with Gasteiger partial charge < -0.3 is 15.5 Å². The Hall–Kier alpha value is -1.31. The van der Waals surface area contributed by atoms with Gasteiger partial charge in [0.2, 0.25) is 5.91 Å². The van der Waals surface area contributed by atoms with Gasteiger partial charge in [0, 0.05) is 45.1 Å². The van der Waals surface area contributed by atoms with Crippen LogP contribution in [-0.4, -0.2) is 49.5 Å². The molecule has 1 aromatic carbocycles. The summed E-state index contributed by atoms with van der Waals surface area (Å²) >= 11 is 0. The molecule has 148 valence electrons. The third-order valence-electron chi connectivity index (χ3n) is 4.26. The minimum atomic E-state index is 0. The van der Waals surface area contributed by atoms with Crippen molar-refractivity contribution in [3.63, 3.8) is 0 Å². The summed E-state index contributed by atoms with van der Waals surface area (Å²) in [6, 6.07) is 8.60. The van der Waals surface area contributed by atoms with Gasteiger partial charge in [-0.1, -0.05) is 36.8 Å². The smallest absolute Gasteiger partial charge is 0.224 e. The molecule has 0 bridgehead atoms. The molecule has 6 heteroatoms. The van der Waals surface area contributed by atoms with E-state index in [4.69, 9.17) is 0 Å². The van der Waals surface area contributed by atoms with Gasteiger partial charge in [0.15, 0.2) is 5.96 Å². The molecule has 0 spiro atoms. The Balaban J connectivity index is 0.00000625. The molecule has 0 fully saturated rings. The summed E-state index contributed by atoms with van der Waals surface area (Å²) in [5, 5.41) is 6.51. The average Bonchev–Trinajstić information content (AvgIpc) is 2.61. The lowest BCUT2D eigenvalue weighted by Gasteiger charge is -2.19. The molecule has 5 nitrogen and oxygen atoms in total. The van der Waals surface area contributed by atoms with Gasteiger partial charge in [-0.3, -0.25) is 9.79 Å². The standard InChI is InChI=1S/C20H34N4O.HI/c1-6-21-20(22-14-13-19(25)24(7-2)8-3)23-15-17(5)18-11-9-16(4)10-12-18;/h9-12,17H,6-8,13-15H2,1-5H3,(H2,21,22,23);1H. The van der Waals surface area contributed by atoms with Gasteiger partial charge in [-0.15, -0.1) is 24.0 Å². The molecular formula is C20H35IN4O. The van der Waals surface area contributed by atoms with E-state index in [0.717, 1.165) is 25.6 Å². The molecule has 1 rings (SSSR count). The minimum absolute atomic E-state index is 0. The predicted octanol–water partition coefficient (Wildman–Crippen LogP) is 3.53. The maximum atomic E-state index is 12.0. The Kier molecular flexibility index (Phi) is 13.1. The van der Waals surface area contributed by atoms with Crippen LogP contribution < -0.4 is 10.6 Å².